The van der Waals surface area contributed by atoms with Crippen molar-refractivity contribution in [1.82, 2.24) is 24.7 Å². The number of fused-ring (bicyclic) bond motifs is 4. The van der Waals surface area contributed by atoms with E-state index in [0.717, 1.165) is 36.7 Å². The lowest BCUT2D eigenvalue weighted by Gasteiger charge is -2.39. The van der Waals surface area contributed by atoms with Crippen molar-refractivity contribution in [1.29, 1.82) is 0 Å². The average molecular weight is 738 g/mol. The fraction of sp³-hybridized carbons (Fsp3) is 0.537. The van der Waals surface area contributed by atoms with E-state index in [0.29, 0.717) is 12.1 Å². The molecule has 2 saturated heterocycles. The number of benzene rings is 2. The number of pyridine rings is 1. The van der Waals surface area contributed by atoms with Gasteiger partial charge in [0.05, 0.1) is 5.52 Å². The lowest BCUT2D eigenvalue weighted by atomic mass is 9.96. The zero-order chi connectivity index (χ0) is 38.1. The molecule has 2 aliphatic heterocycles. The van der Waals surface area contributed by atoms with E-state index < -0.39 is 12.1 Å². The predicted octanol–water partition coefficient (Wildman–Crippen LogP) is 7.94. The molecule has 1 amide bonds. The summed E-state index contributed by atoms with van der Waals surface area (Å²) in [5.74, 6) is -2.98. The minimum Gasteiger partial charge on any atom is -0.475 e. The largest absolute Gasteiger partial charge is 0.490 e. The van der Waals surface area contributed by atoms with Gasteiger partial charge < -0.3 is 24.9 Å². The number of nitrogens with one attached hydrogen (secondary N) is 2. The number of rotatable bonds is 15. The smallest absolute Gasteiger partial charge is 0.475 e. The molecule has 0 radical (unpaired) electrons. The topological polar surface area (TPSA) is 111 Å². The maximum Gasteiger partial charge on any atom is 0.490 e. The number of carbonyl (C=O) groups is 2. The molecule has 4 heterocycles. The molecule has 3 atom stereocenters. The number of H-pyrrole nitrogens is 1. The molecule has 0 aliphatic carbocycles. The maximum atomic E-state index is 13.4. The van der Waals surface area contributed by atoms with Gasteiger partial charge in [0.25, 0.3) is 11.5 Å². The van der Waals surface area contributed by atoms with Crippen LogP contribution in [-0.2, 0) is 11.2 Å². The van der Waals surface area contributed by atoms with Gasteiger partial charge in [-0.1, -0.05) is 62.1 Å². The lowest BCUT2D eigenvalue weighted by Crippen LogP contribution is -2.51. The summed E-state index contributed by atoms with van der Waals surface area (Å²) in [6.45, 7) is 7.45. The minimum atomic E-state index is -5.08. The molecule has 53 heavy (non-hydrogen) atoms. The van der Waals surface area contributed by atoms with Crippen molar-refractivity contribution in [2.75, 3.05) is 26.7 Å². The predicted molar refractivity (Wildman–Crippen MR) is 203 cm³/mol. The van der Waals surface area contributed by atoms with E-state index in [9.17, 15) is 22.8 Å². The summed E-state index contributed by atoms with van der Waals surface area (Å²) in [5, 5.41) is 12.7. The summed E-state index contributed by atoms with van der Waals surface area (Å²) < 4.78 is 33.5. The highest BCUT2D eigenvalue weighted by atomic mass is 19.4. The molecule has 12 heteroatoms. The molecule has 2 aliphatic rings. The standard InChI is InChI=1S/C39H53N5O2.C2HF3O2/c1-28(2)44-37-17-11-8-14-29(37)24-35(39(44)46)38(45)41-31-25-32-18-19-33(26-31)43(32)22-13-7-5-4-6-12-21-42(3)23-20-30-27-40-36-16-10-9-15-34(30)36;3-2(4,5)1(6)7/h8-11,14-17,24,27-28,31-33,40H,4-7,12-13,18-23,25-26H2,1-3H3,(H,41,45);(H,6,7)/t31?,32-,33+;. The fourth-order valence-corrected chi connectivity index (χ4v) is 8.13. The molecule has 2 fully saturated rings. The number of carbonyl (C=O) groups excluding carboxylic acids is 1. The average Bonchev–Trinajstić information content (AvgIpc) is 3.63. The van der Waals surface area contributed by atoms with E-state index in [4.69, 9.17) is 9.90 Å². The normalized spacial score (nSPS) is 18.8. The Hall–Kier alpha value is -4.16. The van der Waals surface area contributed by atoms with Gasteiger partial charge in [0.1, 0.15) is 5.56 Å². The maximum absolute atomic E-state index is 13.4. The van der Waals surface area contributed by atoms with Crippen LogP contribution in [0.4, 0.5) is 13.2 Å². The lowest BCUT2D eigenvalue weighted by molar-refractivity contribution is -0.192. The van der Waals surface area contributed by atoms with E-state index in [1.165, 1.54) is 80.9 Å². The van der Waals surface area contributed by atoms with Gasteiger partial charge in [-0.3, -0.25) is 14.5 Å². The zero-order valence-corrected chi connectivity index (χ0v) is 31.1. The van der Waals surface area contributed by atoms with Crippen molar-refractivity contribution in [2.24, 2.45) is 0 Å². The number of amides is 1. The second-order valence-corrected chi connectivity index (χ2v) is 15.0. The van der Waals surface area contributed by atoms with Crippen LogP contribution in [0.15, 0.2) is 65.6 Å². The first kappa shape index (κ1) is 40.0. The number of carboxylic acid groups (broad SMARTS) is 1. The van der Waals surface area contributed by atoms with Crippen LogP contribution in [0, 0.1) is 0 Å². The third kappa shape index (κ3) is 10.5. The van der Waals surface area contributed by atoms with Crippen molar-refractivity contribution in [3.63, 3.8) is 0 Å². The van der Waals surface area contributed by atoms with Gasteiger partial charge >= 0.3 is 12.1 Å². The summed E-state index contributed by atoms with van der Waals surface area (Å²) in [7, 11) is 2.25. The van der Waals surface area contributed by atoms with Gasteiger partial charge in [-0.25, -0.2) is 4.79 Å². The van der Waals surface area contributed by atoms with Crippen LogP contribution in [0.5, 0.6) is 0 Å². The van der Waals surface area contributed by atoms with Gasteiger partial charge in [0.15, 0.2) is 0 Å². The molecule has 9 nitrogen and oxygen atoms in total. The fourth-order valence-electron chi connectivity index (χ4n) is 8.13. The van der Waals surface area contributed by atoms with Crippen molar-refractivity contribution in [3.05, 3.63) is 82.3 Å². The number of unbranched alkanes of at least 4 members (excludes halogenated alkanes) is 5. The molecule has 6 rings (SSSR count). The van der Waals surface area contributed by atoms with Crippen LogP contribution in [-0.4, -0.2) is 87.3 Å². The highest BCUT2D eigenvalue weighted by molar-refractivity contribution is 5.97. The van der Waals surface area contributed by atoms with Crippen molar-refractivity contribution >= 4 is 33.7 Å². The Kier molecular flexibility index (Phi) is 13.8. The Labute approximate surface area is 309 Å². The van der Waals surface area contributed by atoms with Crippen LogP contribution in [0.2, 0.25) is 0 Å². The highest BCUT2D eigenvalue weighted by Crippen LogP contribution is 2.36. The molecular formula is C41H54F3N5O4. The number of carboxylic acids is 1. The van der Waals surface area contributed by atoms with Crippen LogP contribution in [0.1, 0.15) is 100 Å². The van der Waals surface area contributed by atoms with Crippen LogP contribution < -0.4 is 10.9 Å². The Morgan fingerprint density at radius 1 is 0.943 bits per heavy atom. The number of likely N-dealkylation sites (N-methyl/N-ethyl adjacent to an activating group) is 1. The van der Waals surface area contributed by atoms with Gasteiger partial charge in [-0.2, -0.15) is 13.2 Å². The van der Waals surface area contributed by atoms with Gasteiger partial charge in [0.2, 0.25) is 0 Å². The van der Waals surface area contributed by atoms with E-state index >= 15 is 0 Å². The molecule has 1 unspecified atom stereocenters. The molecule has 2 bridgehead atoms. The number of aliphatic carboxylic acids is 1. The Bertz CT molecular complexity index is 1870. The number of nitrogens with zero attached hydrogens (tertiary/aromatic N) is 3. The number of aromatic nitrogens is 2. The van der Waals surface area contributed by atoms with E-state index in [1.54, 1.807) is 10.6 Å². The molecule has 2 aromatic carbocycles. The summed E-state index contributed by atoms with van der Waals surface area (Å²) in [5.41, 5.74) is 3.60. The molecule has 3 N–H and O–H groups in total. The first-order chi connectivity index (χ1) is 25.3. The second-order valence-electron chi connectivity index (χ2n) is 15.0. The number of hydrogen-bond acceptors (Lipinski definition) is 5. The summed E-state index contributed by atoms with van der Waals surface area (Å²) >= 11 is 0. The van der Waals surface area contributed by atoms with Crippen LogP contribution in [0.25, 0.3) is 21.8 Å². The number of para-hydroxylation sites is 2. The number of aromatic amines is 1. The molecule has 288 valence electrons. The number of piperidine rings is 1. The first-order valence-corrected chi connectivity index (χ1v) is 19.1. The minimum absolute atomic E-state index is 0.0157. The quantitative estimate of drug-likeness (QED) is 0.107. The second kappa shape index (κ2) is 18.2. The molecule has 0 spiro atoms. The van der Waals surface area contributed by atoms with E-state index in [-0.39, 0.29) is 29.1 Å². The summed E-state index contributed by atoms with van der Waals surface area (Å²) in [6.07, 6.45) is 10.4. The summed E-state index contributed by atoms with van der Waals surface area (Å²) in [4.78, 5) is 44.3. The van der Waals surface area contributed by atoms with Crippen LogP contribution in [0.3, 0.4) is 0 Å². The van der Waals surface area contributed by atoms with Crippen LogP contribution >= 0.6 is 0 Å². The van der Waals surface area contributed by atoms with Gasteiger partial charge in [-0.15, -0.1) is 0 Å². The SMILES string of the molecule is CC(C)n1c(=O)c(C(=O)NC2C[C@H]3CC[C@@H](C2)N3CCCCCCCCN(C)CCc2c[nH]c3ccccc23)cc2ccccc21.O=C(O)C(F)(F)F. The monoisotopic (exact) mass is 737 g/mol. The van der Waals surface area contributed by atoms with Crippen molar-refractivity contribution in [2.45, 2.75) is 115 Å². The number of hydrogen-bond donors (Lipinski definition) is 3. The zero-order valence-electron chi connectivity index (χ0n) is 31.1. The first-order valence-electron chi connectivity index (χ1n) is 19.1. The third-order valence-electron chi connectivity index (χ3n) is 10.8. The molecule has 0 saturated carbocycles. The number of alkyl halides is 3. The molecule has 4 aromatic rings. The Morgan fingerprint density at radius 3 is 2.25 bits per heavy atom. The van der Waals surface area contributed by atoms with Crippen molar-refractivity contribution in [3.8, 4) is 0 Å². The summed E-state index contributed by atoms with van der Waals surface area (Å²) in [6, 6.07) is 19.4. The Balaban J connectivity index is 0.000000705. The third-order valence-corrected chi connectivity index (χ3v) is 10.8. The van der Waals surface area contributed by atoms with Gasteiger partial charge in [-0.05, 0) is 108 Å². The van der Waals surface area contributed by atoms with E-state index in [2.05, 4.69) is 57.6 Å². The molecule has 2 aromatic heterocycles. The number of halogens is 3. The van der Waals surface area contributed by atoms with Crippen molar-refractivity contribution < 1.29 is 27.9 Å². The van der Waals surface area contributed by atoms with E-state index in [1.807, 2.05) is 38.1 Å². The molecular weight excluding hydrogens is 683 g/mol. The van der Waals surface area contributed by atoms with Gasteiger partial charge in [0, 0.05) is 47.8 Å². The Morgan fingerprint density at radius 2 is 1.57 bits per heavy atom. The highest BCUT2D eigenvalue weighted by Gasteiger charge is 2.41.